The predicted molar refractivity (Wildman–Crippen MR) is 43.1 cm³/mol. The van der Waals surface area contributed by atoms with Gasteiger partial charge >= 0.3 is 0 Å². The number of allylic oxidation sites excluding steroid dienone is 3. The van der Waals surface area contributed by atoms with Gasteiger partial charge in [-0.05, 0) is 11.8 Å². The molecule has 0 amide bonds. The number of hydrogen-bond acceptors (Lipinski definition) is 0. The Labute approximate surface area is 58.3 Å². The predicted octanol–water partition coefficient (Wildman–Crippen LogP) is 2.98. The minimum Gasteiger partial charge on any atom is -0.0991 e. The van der Waals surface area contributed by atoms with Gasteiger partial charge in [-0.25, -0.2) is 0 Å². The van der Waals surface area contributed by atoms with Gasteiger partial charge in [0.1, 0.15) is 0 Å². The number of rotatable bonds is 3. The van der Waals surface area contributed by atoms with Crippen LogP contribution in [-0.4, -0.2) is 0 Å². The second-order valence-corrected chi connectivity index (χ2v) is 2.83. The van der Waals surface area contributed by atoms with Gasteiger partial charge in [-0.3, -0.25) is 0 Å². The summed E-state index contributed by atoms with van der Waals surface area (Å²) in [7, 11) is 0. The molecule has 0 fully saturated rings. The van der Waals surface area contributed by atoms with Gasteiger partial charge < -0.3 is 0 Å². The van der Waals surface area contributed by atoms with Crippen molar-refractivity contribution in [1.82, 2.24) is 0 Å². The van der Waals surface area contributed by atoms with Crippen LogP contribution in [0.1, 0.15) is 20.3 Å². The molecule has 0 atom stereocenters. The Balaban J connectivity index is 3.84. The highest BCUT2D eigenvalue weighted by molar-refractivity contribution is 5.03. The average molecular weight is 123 g/mol. The summed E-state index contributed by atoms with van der Waals surface area (Å²) in [6.45, 7) is 11.7. The minimum absolute atomic E-state index is 0.230. The lowest BCUT2D eigenvalue weighted by Gasteiger charge is -2.15. The number of hydrogen-bond donors (Lipinski definition) is 0. The summed E-state index contributed by atoms with van der Waals surface area (Å²) in [5.41, 5.74) is 0.230. The lowest BCUT2D eigenvalue weighted by molar-refractivity contribution is 0.487. The Morgan fingerprint density at radius 3 is 2.33 bits per heavy atom. The molecular formula is C9H15. The fourth-order valence-electron chi connectivity index (χ4n) is 0.412. The van der Waals surface area contributed by atoms with Crippen LogP contribution in [-0.2, 0) is 0 Å². The summed E-state index contributed by atoms with van der Waals surface area (Å²) in [6, 6.07) is 0. The van der Waals surface area contributed by atoms with E-state index < -0.39 is 0 Å². The van der Waals surface area contributed by atoms with Gasteiger partial charge in [0.25, 0.3) is 0 Å². The second-order valence-electron chi connectivity index (χ2n) is 2.83. The van der Waals surface area contributed by atoms with Gasteiger partial charge in [-0.2, -0.15) is 0 Å². The molecule has 0 aromatic rings. The molecule has 0 unspecified atom stereocenters. The van der Waals surface area contributed by atoms with Crippen LogP contribution in [0.2, 0.25) is 0 Å². The molecule has 0 nitrogen and oxygen atoms in total. The molecule has 0 aliphatic heterocycles. The summed E-state index contributed by atoms with van der Waals surface area (Å²) < 4.78 is 0. The van der Waals surface area contributed by atoms with Crippen molar-refractivity contribution in [3.63, 3.8) is 0 Å². The van der Waals surface area contributed by atoms with Gasteiger partial charge in [0.05, 0.1) is 0 Å². The van der Waals surface area contributed by atoms with E-state index in [1.54, 1.807) is 6.08 Å². The zero-order chi connectivity index (χ0) is 7.33. The Bertz CT molecular complexity index is 107. The zero-order valence-electron chi connectivity index (χ0n) is 6.35. The standard InChI is InChI=1S/C9H15/c1-5-7-8-9(3,4)6-2/h5,7-8H,1-2,6H2,3-4H3. The molecule has 0 aromatic heterocycles. The zero-order valence-corrected chi connectivity index (χ0v) is 6.35. The second kappa shape index (κ2) is 3.49. The summed E-state index contributed by atoms with van der Waals surface area (Å²) >= 11 is 0. The summed E-state index contributed by atoms with van der Waals surface area (Å²) in [4.78, 5) is 0. The fourth-order valence-corrected chi connectivity index (χ4v) is 0.412. The highest BCUT2D eigenvalue weighted by atomic mass is 14.1. The quantitative estimate of drug-likeness (QED) is 0.506. The third-order valence-electron chi connectivity index (χ3n) is 1.33. The summed E-state index contributed by atoms with van der Waals surface area (Å²) in [6.07, 6.45) is 6.80. The first kappa shape index (κ1) is 8.48. The van der Waals surface area contributed by atoms with E-state index in [-0.39, 0.29) is 5.41 Å². The third kappa shape index (κ3) is 4.01. The minimum atomic E-state index is 0.230. The van der Waals surface area contributed by atoms with Crippen molar-refractivity contribution in [1.29, 1.82) is 0 Å². The maximum Gasteiger partial charge on any atom is -0.0172 e. The molecule has 0 bridgehead atoms. The first-order chi connectivity index (χ1) is 4.12. The molecule has 0 rings (SSSR count). The topological polar surface area (TPSA) is 0 Å². The van der Waals surface area contributed by atoms with E-state index in [2.05, 4.69) is 33.4 Å². The molecule has 1 radical (unpaired) electrons. The maximum absolute atomic E-state index is 3.82. The van der Waals surface area contributed by atoms with E-state index in [0.717, 1.165) is 6.42 Å². The van der Waals surface area contributed by atoms with E-state index in [4.69, 9.17) is 0 Å². The van der Waals surface area contributed by atoms with Crippen molar-refractivity contribution in [2.45, 2.75) is 20.3 Å². The smallest absolute Gasteiger partial charge is 0.0172 e. The molecule has 51 valence electrons. The van der Waals surface area contributed by atoms with Crippen LogP contribution in [0.5, 0.6) is 0 Å². The lowest BCUT2D eigenvalue weighted by Crippen LogP contribution is -2.03. The van der Waals surface area contributed by atoms with Crippen LogP contribution in [0.4, 0.5) is 0 Å². The Hall–Kier alpha value is -0.520. The molecule has 0 aliphatic carbocycles. The first-order valence-electron chi connectivity index (χ1n) is 3.22. The monoisotopic (exact) mass is 123 g/mol. The highest BCUT2D eigenvalue weighted by Crippen LogP contribution is 2.20. The van der Waals surface area contributed by atoms with E-state index in [1.807, 2.05) is 6.08 Å². The molecule has 0 saturated carbocycles. The van der Waals surface area contributed by atoms with Crippen molar-refractivity contribution in [3.05, 3.63) is 31.7 Å². The average Bonchev–Trinajstić information content (AvgIpc) is 1.84. The molecule has 0 spiro atoms. The molecule has 0 aromatic carbocycles. The van der Waals surface area contributed by atoms with Crippen molar-refractivity contribution in [2.24, 2.45) is 5.41 Å². The molecule has 0 aliphatic rings. The van der Waals surface area contributed by atoms with Gasteiger partial charge in [-0.1, -0.05) is 45.6 Å². The molecule has 9 heavy (non-hydrogen) atoms. The SMILES string of the molecule is [CH2]CC(C)(C)C=CC=C. The van der Waals surface area contributed by atoms with Gasteiger partial charge in [0.2, 0.25) is 0 Å². The summed E-state index contributed by atoms with van der Waals surface area (Å²) in [5.74, 6) is 0. The Morgan fingerprint density at radius 2 is 2.00 bits per heavy atom. The van der Waals surface area contributed by atoms with Crippen molar-refractivity contribution in [2.75, 3.05) is 0 Å². The molecule has 0 saturated heterocycles. The molecule has 0 heterocycles. The van der Waals surface area contributed by atoms with Crippen molar-refractivity contribution >= 4 is 0 Å². The van der Waals surface area contributed by atoms with E-state index in [1.165, 1.54) is 0 Å². The van der Waals surface area contributed by atoms with Crippen molar-refractivity contribution < 1.29 is 0 Å². The lowest BCUT2D eigenvalue weighted by atomic mass is 9.90. The van der Waals surface area contributed by atoms with Crippen LogP contribution in [0.15, 0.2) is 24.8 Å². The fraction of sp³-hybridized carbons (Fsp3) is 0.444. The largest absolute Gasteiger partial charge is 0.0991 e. The van der Waals surface area contributed by atoms with E-state index in [0.29, 0.717) is 0 Å². The van der Waals surface area contributed by atoms with E-state index >= 15 is 0 Å². The van der Waals surface area contributed by atoms with Crippen LogP contribution < -0.4 is 0 Å². The van der Waals surface area contributed by atoms with Gasteiger partial charge in [-0.15, -0.1) is 0 Å². The first-order valence-corrected chi connectivity index (χ1v) is 3.22. The van der Waals surface area contributed by atoms with Crippen LogP contribution in [0, 0.1) is 12.3 Å². The van der Waals surface area contributed by atoms with Crippen LogP contribution >= 0.6 is 0 Å². The molecule has 0 heteroatoms. The Kier molecular flexibility index (Phi) is 3.29. The maximum atomic E-state index is 3.82. The van der Waals surface area contributed by atoms with Crippen LogP contribution in [0.3, 0.4) is 0 Å². The van der Waals surface area contributed by atoms with Crippen molar-refractivity contribution in [3.8, 4) is 0 Å². The van der Waals surface area contributed by atoms with Crippen LogP contribution in [0.25, 0.3) is 0 Å². The molecule has 0 N–H and O–H groups in total. The normalized spacial score (nSPS) is 12.3. The van der Waals surface area contributed by atoms with E-state index in [9.17, 15) is 0 Å². The third-order valence-corrected chi connectivity index (χ3v) is 1.33. The molecular weight excluding hydrogens is 108 g/mol. The summed E-state index contributed by atoms with van der Waals surface area (Å²) in [5, 5.41) is 0. The highest BCUT2D eigenvalue weighted by Gasteiger charge is 2.08. The van der Waals surface area contributed by atoms with Gasteiger partial charge in [0.15, 0.2) is 0 Å². The Morgan fingerprint density at radius 1 is 1.44 bits per heavy atom. The van der Waals surface area contributed by atoms with Gasteiger partial charge in [0, 0.05) is 0 Å².